The van der Waals surface area contributed by atoms with Crippen LogP contribution in [0.3, 0.4) is 0 Å². The van der Waals surface area contributed by atoms with Crippen molar-refractivity contribution in [2.45, 2.75) is 129 Å². The van der Waals surface area contributed by atoms with Gasteiger partial charge in [-0.1, -0.05) is 129 Å². The van der Waals surface area contributed by atoms with Gasteiger partial charge in [-0.25, -0.2) is 0 Å². The summed E-state index contributed by atoms with van der Waals surface area (Å²) in [6, 6.07) is 6.43. The van der Waals surface area contributed by atoms with Gasteiger partial charge in [-0.15, -0.1) is 0 Å². The Labute approximate surface area is 220 Å². The summed E-state index contributed by atoms with van der Waals surface area (Å²) in [7, 11) is 0. The lowest BCUT2D eigenvalue weighted by atomic mass is 10.1. The maximum absolute atomic E-state index is 13.0. The lowest BCUT2D eigenvalue weighted by Crippen LogP contribution is -2.31. The molecular formula is C31H52N2O3. The first-order chi connectivity index (χ1) is 17.6. The molecule has 0 aromatic heterocycles. The van der Waals surface area contributed by atoms with Crippen LogP contribution in [-0.2, 0) is 4.79 Å². The summed E-state index contributed by atoms with van der Waals surface area (Å²) in [4.78, 5) is 25.6. The molecule has 0 saturated heterocycles. The molecule has 5 nitrogen and oxygen atoms in total. The molecule has 1 rings (SSSR count). The summed E-state index contributed by atoms with van der Waals surface area (Å²) in [6.45, 7) is 6.09. The molecule has 0 N–H and O–H groups in total. The Morgan fingerprint density at radius 1 is 0.750 bits per heavy atom. The molecule has 0 heterocycles. The van der Waals surface area contributed by atoms with E-state index in [0.717, 1.165) is 25.9 Å². The molecule has 0 spiro atoms. The summed E-state index contributed by atoms with van der Waals surface area (Å²) in [5.41, 5.74) is 0.731. The van der Waals surface area contributed by atoms with E-state index in [1.807, 2.05) is 4.90 Å². The quantitative estimate of drug-likeness (QED) is 0.0650. The molecule has 1 aromatic rings. The molecule has 0 saturated carbocycles. The van der Waals surface area contributed by atoms with E-state index in [0.29, 0.717) is 5.56 Å². The van der Waals surface area contributed by atoms with Gasteiger partial charge in [-0.05, 0) is 24.5 Å². The number of hydrogen-bond donors (Lipinski definition) is 0. The predicted molar refractivity (Wildman–Crippen MR) is 153 cm³/mol. The van der Waals surface area contributed by atoms with E-state index in [-0.39, 0.29) is 11.6 Å². The number of benzene rings is 1. The van der Waals surface area contributed by atoms with Gasteiger partial charge in [0.1, 0.15) is 0 Å². The van der Waals surface area contributed by atoms with E-state index in [1.165, 1.54) is 115 Å². The summed E-state index contributed by atoms with van der Waals surface area (Å²) in [5.74, 6) is 0.0145. The third-order valence-electron chi connectivity index (χ3n) is 6.87. The molecule has 0 aliphatic rings. The number of nitrogens with zero attached hydrogens (tertiary/aromatic N) is 2. The number of amides is 1. The van der Waals surface area contributed by atoms with Crippen molar-refractivity contribution in [3.63, 3.8) is 0 Å². The fourth-order valence-electron chi connectivity index (χ4n) is 4.57. The lowest BCUT2D eigenvalue weighted by molar-refractivity contribution is -0.384. The van der Waals surface area contributed by atoms with Crippen LogP contribution in [0.4, 0.5) is 5.69 Å². The van der Waals surface area contributed by atoms with Crippen molar-refractivity contribution in [3.8, 4) is 0 Å². The minimum absolute atomic E-state index is 0.0145. The zero-order valence-electron chi connectivity index (χ0n) is 23.2. The number of non-ortho nitro benzene ring substituents is 1. The number of hydrogen-bond acceptors (Lipinski definition) is 3. The third-order valence-corrected chi connectivity index (χ3v) is 6.87. The predicted octanol–water partition coefficient (Wildman–Crippen LogP) is 9.50. The van der Waals surface area contributed by atoms with E-state index >= 15 is 0 Å². The Morgan fingerprint density at radius 3 is 1.64 bits per heavy atom. The average Bonchev–Trinajstić information content (AvgIpc) is 2.88. The van der Waals surface area contributed by atoms with Gasteiger partial charge in [0.15, 0.2) is 0 Å². The Balaban J connectivity index is 2.46. The molecule has 0 aliphatic heterocycles. The summed E-state index contributed by atoms with van der Waals surface area (Å²) < 4.78 is 0. The largest absolute Gasteiger partial charge is 0.339 e. The van der Waals surface area contributed by atoms with E-state index in [4.69, 9.17) is 0 Å². The highest BCUT2D eigenvalue weighted by Gasteiger charge is 2.11. The zero-order chi connectivity index (χ0) is 26.3. The number of carbonyl (C=O) groups is 1. The Hall–Kier alpha value is -2.17. The van der Waals surface area contributed by atoms with E-state index in [1.54, 1.807) is 24.3 Å². The summed E-state index contributed by atoms with van der Waals surface area (Å²) in [6.07, 6.45) is 26.1. The number of nitro groups is 1. The maximum atomic E-state index is 13.0. The Bertz CT molecular complexity index is 710. The first-order valence-electron chi connectivity index (χ1n) is 14.8. The van der Waals surface area contributed by atoms with Crippen molar-refractivity contribution in [3.05, 3.63) is 46.0 Å². The van der Waals surface area contributed by atoms with E-state index in [2.05, 4.69) is 13.8 Å². The molecule has 36 heavy (non-hydrogen) atoms. The topological polar surface area (TPSA) is 63.5 Å². The van der Waals surface area contributed by atoms with Crippen LogP contribution in [0.25, 0.3) is 6.08 Å². The minimum Gasteiger partial charge on any atom is -0.339 e. The first kappa shape index (κ1) is 31.9. The van der Waals surface area contributed by atoms with Crippen LogP contribution < -0.4 is 0 Å². The Kier molecular flexibility index (Phi) is 19.5. The van der Waals surface area contributed by atoms with Gasteiger partial charge in [0, 0.05) is 31.3 Å². The van der Waals surface area contributed by atoms with Crippen LogP contribution >= 0.6 is 0 Å². The Morgan fingerprint density at radius 2 is 1.19 bits per heavy atom. The van der Waals surface area contributed by atoms with Gasteiger partial charge >= 0.3 is 0 Å². The second kappa shape index (κ2) is 22.1. The molecule has 0 radical (unpaired) electrons. The molecule has 5 heteroatoms. The molecule has 1 aromatic carbocycles. The SMILES string of the molecule is CCCCCCCCCCCN(CCCCCCCCCCC)C(=O)/C=C/c1cccc([N+](=O)[O-])c1. The van der Waals surface area contributed by atoms with Crippen LogP contribution in [0, 0.1) is 10.1 Å². The van der Waals surface area contributed by atoms with Gasteiger partial charge in [-0.2, -0.15) is 0 Å². The fourth-order valence-corrected chi connectivity index (χ4v) is 4.57. The molecular weight excluding hydrogens is 448 g/mol. The smallest absolute Gasteiger partial charge is 0.270 e. The molecule has 0 fully saturated rings. The van der Waals surface area contributed by atoms with Crippen molar-refractivity contribution in [1.82, 2.24) is 4.90 Å². The van der Waals surface area contributed by atoms with Gasteiger partial charge < -0.3 is 4.90 Å². The molecule has 0 unspecified atom stereocenters. The van der Waals surface area contributed by atoms with Gasteiger partial charge in [0.2, 0.25) is 5.91 Å². The van der Waals surface area contributed by atoms with Crippen LogP contribution in [-0.4, -0.2) is 28.8 Å². The van der Waals surface area contributed by atoms with Crippen molar-refractivity contribution in [2.24, 2.45) is 0 Å². The number of unbranched alkanes of at least 4 members (excludes halogenated alkanes) is 16. The highest BCUT2D eigenvalue weighted by molar-refractivity contribution is 5.91. The highest BCUT2D eigenvalue weighted by atomic mass is 16.6. The number of rotatable bonds is 23. The van der Waals surface area contributed by atoms with E-state index < -0.39 is 4.92 Å². The van der Waals surface area contributed by atoms with Gasteiger partial charge in [0.05, 0.1) is 4.92 Å². The van der Waals surface area contributed by atoms with Crippen molar-refractivity contribution < 1.29 is 9.72 Å². The zero-order valence-corrected chi connectivity index (χ0v) is 23.2. The second-order valence-electron chi connectivity index (χ2n) is 10.2. The highest BCUT2D eigenvalue weighted by Crippen LogP contribution is 2.15. The van der Waals surface area contributed by atoms with Crippen LogP contribution in [0.1, 0.15) is 135 Å². The molecule has 0 atom stereocenters. The monoisotopic (exact) mass is 500 g/mol. The fraction of sp³-hybridized carbons (Fsp3) is 0.710. The molecule has 0 bridgehead atoms. The average molecular weight is 501 g/mol. The maximum Gasteiger partial charge on any atom is 0.270 e. The van der Waals surface area contributed by atoms with E-state index in [9.17, 15) is 14.9 Å². The summed E-state index contributed by atoms with van der Waals surface area (Å²) in [5, 5.41) is 11.0. The third kappa shape index (κ3) is 16.5. The summed E-state index contributed by atoms with van der Waals surface area (Å²) >= 11 is 0. The lowest BCUT2D eigenvalue weighted by Gasteiger charge is -2.21. The number of carbonyl (C=O) groups excluding carboxylic acids is 1. The van der Waals surface area contributed by atoms with Crippen molar-refractivity contribution >= 4 is 17.7 Å². The molecule has 0 aliphatic carbocycles. The standard InChI is InChI=1S/C31H52N2O3/c1-3-5-7-9-11-13-15-17-19-26-32(27-20-18-16-14-12-10-8-6-4-2)31(34)25-24-29-22-21-23-30(28-29)33(35)36/h21-25,28H,3-20,26-27H2,1-2H3/b25-24+. The molecule has 204 valence electrons. The van der Waals surface area contributed by atoms with Crippen LogP contribution in [0.5, 0.6) is 0 Å². The first-order valence-corrected chi connectivity index (χ1v) is 14.8. The minimum atomic E-state index is -0.404. The van der Waals surface area contributed by atoms with Crippen LogP contribution in [0.2, 0.25) is 0 Å². The number of nitro benzene ring substituents is 1. The van der Waals surface area contributed by atoms with Gasteiger partial charge in [0.25, 0.3) is 5.69 Å². The van der Waals surface area contributed by atoms with Gasteiger partial charge in [-0.3, -0.25) is 14.9 Å². The normalized spacial score (nSPS) is 11.3. The molecule has 1 amide bonds. The second-order valence-corrected chi connectivity index (χ2v) is 10.2. The van der Waals surface area contributed by atoms with Crippen molar-refractivity contribution in [2.75, 3.05) is 13.1 Å². The van der Waals surface area contributed by atoms with Crippen molar-refractivity contribution in [1.29, 1.82) is 0 Å². The van der Waals surface area contributed by atoms with Crippen LogP contribution in [0.15, 0.2) is 30.3 Å².